The lowest BCUT2D eigenvalue weighted by Crippen LogP contribution is -2.45. The zero-order valence-electron chi connectivity index (χ0n) is 16.2. The summed E-state index contributed by atoms with van der Waals surface area (Å²) in [7, 11) is 0. The van der Waals surface area contributed by atoms with E-state index in [4.69, 9.17) is 0 Å². The summed E-state index contributed by atoms with van der Waals surface area (Å²) in [5, 5.41) is 10.6. The molecule has 29 heavy (non-hydrogen) atoms. The molecule has 0 bridgehead atoms. The first-order chi connectivity index (χ1) is 13.4. The van der Waals surface area contributed by atoms with Crippen LogP contribution in [0.4, 0.5) is 13.2 Å². The van der Waals surface area contributed by atoms with Crippen LogP contribution < -0.4 is 10.6 Å². The molecule has 1 atom stereocenters. The minimum Gasteiger partial charge on any atom is -0.357 e. The normalized spacial score (nSPS) is 17.8. The van der Waals surface area contributed by atoms with Crippen LogP contribution in [0.3, 0.4) is 0 Å². The minimum absolute atomic E-state index is 0. The second-order valence-electron chi connectivity index (χ2n) is 6.79. The first kappa shape index (κ1) is 23.5. The summed E-state index contributed by atoms with van der Waals surface area (Å²) in [5.41, 5.74) is 2.01. The Morgan fingerprint density at radius 3 is 2.66 bits per heavy atom. The van der Waals surface area contributed by atoms with E-state index in [0.29, 0.717) is 38.6 Å². The average Bonchev–Trinajstić information content (AvgIpc) is 3.31. The van der Waals surface area contributed by atoms with Crippen molar-refractivity contribution in [2.24, 2.45) is 4.99 Å². The van der Waals surface area contributed by atoms with E-state index in [1.807, 2.05) is 43.5 Å². The van der Waals surface area contributed by atoms with E-state index in [1.165, 1.54) is 4.90 Å². The van der Waals surface area contributed by atoms with Gasteiger partial charge in [0.1, 0.15) is 0 Å². The molecule has 0 amide bonds. The van der Waals surface area contributed by atoms with Crippen LogP contribution in [-0.2, 0) is 6.54 Å². The predicted octanol–water partition coefficient (Wildman–Crippen LogP) is 3.18. The smallest absolute Gasteiger partial charge is 0.357 e. The van der Waals surface area contributed by atoms with E-state index >= 15 is 0 Å². The highest BCUT2D eigenvalue weighted by molar-refractivity contribution is 14.0. The summed E-state index contributed by atoms with van der Waals surface area (Å²) in [6.45, 7) is 3.06. The molecule has 0 aliphatic carbocycles. The van der Waals surface area contributed by atoms with E-state index < -0.39 is 12.7 Å². The number of hydrogen-bond donors (Lipinski definition) is 2. The molecule has 3 rings (SSSR count). The van der Waals surface area contributed by atoms with Crippen LogP contribution in [0.25, 0.3) is 5.69 Å². The number of likely N-dealkylation sites (tertiary alicyclic amines) is 1. The molecule has 1 saturated heterocycles. The van der Waals surface area contributed by atoms with Crippen molar-refractivity contribution in [3.05, 3.63) is 48.3 Å². The molecule has 1 aromatic carbocycles. The minimum atomic E-state index is -4.16. The van der Waals surface area contributed by atoms with Gasteiger partial charge in [-0.15, -0.1) is 24.0 Å². The van der Waals surface area contributed by atoms with Crippen molar-refractivity contribution in [2.75, 3.05) is 26.2 Å². The number of aliphatic imine (C=N–C) groups is 1. The summed E-state index contributed by atoms with van der Waals surface area (Å²) >= 11 is 0. The Hall–Kier alpha value is -1.82. The van der Waals surface area contributed by atoms with Gasteiger partial charge in [-0.05, 0) is 37.1 Å². The van der Waals surface area contributed by atoms with Gasteiger partial charge in [0.05, 0.1) is 18.8 Å². The fourth-order valence-electron chi connectivity index (χ4n) is 3.21. The SMILES string of the molecule is CCNC(=NCc1ccc(-n2cccn2)cc1)NC1CCN(CC(F)(F)F)C1.I. The Labute approximate surface area is 185 Å². The van der Waals surface area contributed by atoms with E-state index in [9.17, 15) is 13.2 Å². The lowest BCUT2D eigenvalue weighted by atomic mass is 10.2. The lowest BCUT2D eigenvalue weighted by Gasteiger charge is -2.19. The van der Waals surface area contributed by atoms with Gasteiger partial charge in [-0.2, -0.15) is 18.3 Å². The van der Waals surface area contributed by atoms with E-state index in [-0.39, 0.29) is 30.0 Å². The number of halogens is 4. The Morgan fingerprint density at radius 1 is 1.28 bits per heavy atom. The third kappa shape index (κ3) is 7.50. The van der Waals surface area contributed by atoms with Crippen molar-refractivity contribution in [3.63, 3.8) is 0 Å². The molecule has 1 aliphatic rings. The van der Waals surface area contributed by atoms with Gasteiger partial charge in [-0.1, -0.05) is 12.1 Å². The average molecular weight is 522 g/mol. The summed E-state index contributed by atoms with van der Waals surface area (Å²) < 4.78 is 39.4. The third-order valence-electron chi connectivity index (χ3n) is 4.49. The van der Waals surface area contributed by atoms with Crippen LogP contribution in [0.5, 0.6) is 0 Å². The zero-order valence-corrected chi connectivity index (χ0v) is 18.5. The van der Waals surface area contributed by atoms with Crippen LogP contribution in [0.1, 0.15) is 18.9 Å². The topological polar surface area (TPSA) is 57.5 Å². The molecule has 1 unspecified atom stereocenters. The van der Waals surface area contributed by atoms with Gasteiger partial charge >= 0.3 is 6.18 Å². The van der Waals surface area contributed by atoms with E-state index in [0.717, 1.165) is 11.3 Å². The van der Waals surface area contributed by atoms with Gasteiger partial charge < -0.3 is 10.6 Å². The summed E-state index contributed by atoms with van der Waals surface area (Å²) in [4.78, 5) is 6.00. The first-order valence-electron chi connectivity index (χ1n) is 9.36. The van der Waals surface area contributed by atoms with Crippen LogP contribution in [0.15, 0.2) is 47.7 Å². The molecular weight excluding hydrogens is 496 g/mol. The Morgan fingerprint density at radius 2 is 2.03 bits per heavy atom. The molecular formula is C19H26F3IN6. The van der Waals surface area contributed by atoms with Crippen molar-refractivity contribution < 1.29 is 13.2 Å². The highest BCUT2D eigenvalue weighted by Crippen LogP contribution is 2.20. The Bertz CT molecular complexity index is 761. The maximum Gasteiger partial charge on any atom is 0.401 e. The van der Waals surface area contributed by atoms with Crippen LogP contribution >= 0.6 is 24.0 Å². The fourth-order valence-corrected chi connectivity index (χ4v) is 3.21. The van der Waals surface area contributed by atoms with Crippen LogP contribution in [0, 0.1) is 0 Å². The van der Waals surface area contributed by atoms with E-state index in [1.54, 1.807) is 10.9 Å². The molecule has 1 aliphatic heterocycles. The van der Waals surface area contributed by atoms with Crippen molar-refractivity contribution in [2.45, 2.75) is 32.1 Å². The number of guanidine groups is 1. The maximum absolute atomic E-state index is 12.5. The van der Waals surface area contributed by atoms with Gasteiger partial charge in [0.2, 0.25) is 0 Å². The molecule has 2 N–H and O–H groups in total. The van der Waals surface area contributed by atoms with Crippen molar-refractivity contribution in [1.82, 2.24) is 25.3 Å². The number of alkyl halides is 3. The summed E-state index contributed by atoms with van der Waals surface area (Å²) in [6, 6.07) is 9.76. The molecule has 0 radical (unpaired) electrons. The fraction of sp³-hybridized carbons (Fsp3) is 0.474. The molecule has 1 aromatic heterocycles. The largest absolute Gasteiger partial charge is 0.401 e. The van der Waals surface area contributed by atoms with Gasteiger partial charge in [0.25, 0.3) is 0 Å². The van der Waals surface area contributed by atoms with Crippen molar-refractivity contribution >= 4 is 29.9 Å². The number of hydrogen-bond acceptors (Lipinski definition) is 3. The van der Waals surface area contributed by atoms with Crippen molar-refractivity contribution in [3.8, 4) is 5.69 Å². The Balaban J connectivity index is 0.00000300. The number of rotatable bonds is 6. The second kappa shape index (κ2) is 10.8. The van der Waals surface area contributed by atoms with Gasteiger partial charge in [0, 0.05) is 38.1 Å². The van der Waals surface area contributed by atoms with Crippen LogP contribution in [0.2, 0.25) is 0 Å². The highest BCUT2D eigenvalue weighted by atomic mass is 127. The number of aromatic nitrogens is 2. The second-order valence-corrected chi connectivity index (χ2v) is 6.79. The maximum atomic E-state index is 12.5. The quantitative estimate of drug-likeness (QED) is 0.348. The molecule has 2 aromatic rings. The third-order valence-corrected chi connectivity index (χ3v) is 4.49. The first-order valence-corrected chi connectivity index (χ1v) is 9.36. The molecule has 1 fully saturated rings. The zero-order chi connectivity index (χ0) is 20.0. The molecule has 10 heteroatoms. The van der Waals surface area contributed by atoms with Gasteiger partial charge in [0.15, 0.2) is 5.96 Å². The summed E-state index contributed by atoms with van der Waals surface area (Å²) in [6.07, 6.45) is 0.115. The van der Waals surface area contributed by atoms with Crippen LogP contribution in [-0.4, -0.2) is 59.0 Å². The molecule has 2 heterocycles. The molecule has 160 valence electrons. The standard InChI is InChI=1S/C19H25F3N6.HI/c1-2-23-18(26-16-8-11-27(13-16)14-19(20,21)22)24-12-15-4-6-17(7-5-15)28-10-3-9-25-28;/h3-7,9-10,16H,2,8,11-14H2,1H3,(H2,23,24,26);1H. The highest BCUT2D eigenvalue weighted by Gasteiger charge is 2.34. The van der Waals surface area contributed by atoms with Crippen molar-refractivity contribution in [1.29, 1.82) is 0 Å². The molecule has 6 nitrogen and oxygen atoms in total. The molecule has 0 spiro atoms. The van der Waals surface area contributed by atoms with E-state index in [2.05, 4.69) is 20.7 Å². The lowest BCUT2D eigenvalue weighted by molar-refractivity contribution is -0.143. The Kier molecular flexibility index (Phi) is 8.75. The summed E-state index contributed by atoms with van der Waals surface area (Å²) in [5.74, 6) is 0.623. The molecule has 0 saturated carbocycles. The monoisotopic (exact) mass is 522 g/mol. The van der Waals surface area contributed by atoms with Gasteiger partial charge in [-0.25, -0.2) is 9.67 Å². The predicted molar refractivity (Wildman–Crippen MR) is 118 cm³/mol. The number of benzene rings is 1. The van der Waals surface area contributed by atoms with Gasteiger partial charge in [-0.3, -0.25) is 4.90 Å². The number of nitrogens with zero attached hydrogens (tertiary/aromatic N) is 4. The number of nitrogens with one attached hydrogen (secondary N) is 2.